The summed E-state index contributed by atoms with van der Waals surface area (Å²) in [4.78, 5) is 11.4. The molecule has 2 rings (SSSR count). The summed E-state index contributed by atoms with van der Waals surface area (Å²) in [6.07, 6.45) is 7.95. The Balaban J connectivity index is 2.03. The molecule has 0 bridgehead atoms. The molecule has 2 atom stereocenters. The van der Waals surface area contributed by atoms with Gasteiger partial charge in [0.2, 0.25) is 0 Å². The fraction of sp³-hybridized carbons (Fsp3) is 0.583. The summed E-state index contributed by atoms with van der Waals surface area (Å²) in [6.45, 7) is 5.11. The summed E-state index contributed by atoms with van der Waals surface area (Å²) >= 11 is 0. The van der Waals surface area contributed by atoms with Crippen molar-refractivity contribution in [3.05, 3.63) is 24.5 Å². The highest BCUT2D eigenvalue weighted by Gasteiger charge is 2.55. The van der Waals surface area contributed by atoms with E-state index in [4.69, 9.17) is 9.47 Å². The van der Waals surface area contributed by atoms with Gasteiger partial charge in [0, 0.05) is 5.57 Å². The first-order valence-electron chi connectivity index (χ1n) is 5.37. The fourth-order valence-electron chi connectivity index (χ4n) is 2.28. The van der Waals surface area contributed by atoms with Crippen LogP contribution in [-0.4, -0.2) is 17.7 Å². The molecule has 15 heavy (non-hydrogen) atoms. The molecule has 0 amide bonds. The highest BCUT2D eigenvalue weighted by Crippen LogP contribution is 2.49. The third kappa shape index (κ3) is 1.97. The van der Waals surface area contributed by atoms with Crippen molar-refractivity contribution in [2.24, 2.45) is 0 Å². The molecular formula is C12H16O3. The minimum Gasteiger partial charge on any atom is -0.432 e. The summed E-state index contributed by atoms with van der Waals surface area (Å²) in [5, 5.41) is 0. The SMILES string of the molecule is C=COC(=O)C(C)=CC12CCCCC1O2. The Labute approximate surface area is 89.8 Å². The molecule has 0 radical (unpaired) electrons. The molecule has 2 unspecified atom stereocenters. The highest BCUT2D eigenvalue weighted by atomic mass is 16.6. The predicted octanol–water partition coefficient (Wildman–Crippen LogP) is 2.33. The molecule has 1 aliphatic heterocycles. The maximum absolute atomic E-state index is 11.4. The second-order valence-corrected chi connectivity index (χ2v) is 4.21. The van der Waals surface area contributed by atoms with Gasteiger partial charge >= 0.3 is 5.97 Å². The molecule has 0 aromatic rings. The molecule has 0 spiro atoms. The highest BCUT2D eigenvalue weighted by molar-refractivity contribution is 5.88. The molecule has 0 N–H and O–H groups in total. The van der Waals surface area contributed by atoms with Crippen LogP contribution in [0.3, 0.4) is 0 Å². The Bertz CT molecular complexity index is 319. The van der Waals surface area contributed by atoms with Gasteiger partial charge in [0.25, 0.3) is 0 Å². The fourth-order valence-corrected chi connectivity index (χ4v) is 2.28. The van der Waals surface area contributed by atoms with Crippen LogP contribution in [0, 0.1) is 0 Å². The first-order valence-corrected chi connectivity index (χ1v) is 5.37. The second kappa shape index (κ2) is 3.81. The molecule has 1 heterocycles. The summed E-state index contributed by atoms with van der Waals surface area (Å²) in [5.74, 6) is -0.334. The van der Waals surface area contributed by atoms with Crippen molar-refractivity contribution in [1.82, 2.24) is 0 Å². The third-order valence-electron chi connectivity index (χ3n) is 3.11. The van der Waals surface area contributed by atoms with Crippen LogP contribution in [0.25, 0.3) is 0 Å². The maximum atomic E-state index is 11.4. The quantitative estimate of drug-likeness (QED) is 0.309. The van der Waals surface area contributed by atoms with Crippen molar-refractivity contribution in [3.63, 3.8) is 0 Å². The van der Waals surface area contributed by atoms with E-state index in [1.54, 1.807) is 6.92 Å². The van der Waals surface area contributed by atoms with Gasteiger partial charge in [-0.1, -0.05) is 19.4 Å². The van der Waals surface area contributed by atoms with E-state index in [0.717, 1.165) is 19.1 Å². The van der Waals surface area contributed by atoms with Gasteiger partial charge in [0.1, 0.15) is 5.60 Å². The standard InChI is InChI=1S/C12H16O3/c1-3-14-11(13)9(2)8-12-7-5-4-6-10(12)15-12/h3,8,10H,1,4-7H2,2H3. The molecule has 1 aliphatic carbocycles. The maximum Gasteiger partial charge on any atom is 0.338 e. The molecule has 3 nitrogen and oxygen atoms in total. The summed E-state index contributed by atoms with van der Waals surface area (Å²) < 4.78 is 10.4. The summed E-state index contributed by atoms with van der Waals surface area (Å²) in [7, 11) is 0. The van der Waals surface area contributed by atoms with Gasteiger partial charge in [-0.25, -0.2) is 4.79 Å². The molecule has 1 saturated carbocycles. The number of carbonyl (C=O) groups excluding carboxylic acids is 1. The zero-order valence-corrected chi connectivity index (χ0v) is 8.99. The molecule has 82 valence electrons. The molecule has 0 aromatic heterocycles. The van der Waals surface area contributed by atoms with Crippen molar-refractivity contribution in [2.75, 3.05) is 0 Å². The smallest absolute Gasteiger partial charge is 0.338 e. The van der Waals surface area contributed by atoms with Crippen LogP contribution in [0.2, 0.25) is 0 Å². The number of rotatable bonds is 3. The van der Waals surface area contributed by atoms with Crippen molar-refractivity contribution in [2.45, 2.75) is 44.3 Å². The van der Waals surface area contributed by atoms with E-state index in [2.05, 4.69) is 6.58 Å². The van der Waals surface area contributed by atoms with Gasteiger partial charge in [-0.05, 0) is 25.8 Å². The van der Waals surface area contributed by atoms with Crippen molar-refractivity contribution in [1.29, 1.82) is 0 Å². The van der Waals surface area contributed by atoms with E-state index >= 15 is 0 Å². The Morgan fingerprint density at radius 3 is 3.07 bits per heavy atom. The lowest BCUT2D eigenvalue weighted by Crippen LogP contribution is -2.18. The topological polar surface area (TPSA) is 38.8 Å². The van der Waals surface area contributed by atoms with E-state index in [0.29, 0.717) is 11.7 Å². The average molecular weight is 208 g/mol. The van der Waals surface area contributed by atoms with Crippen molar-refractivity contribution in [3.8, 4) is 0 Å². The molecular weight excluding hydrogens is 192 g/mol. The lowest BCUT2D eigenvalue weighted by atomic mass is 9.88. The minimum atomic E-state index is -0.334. The Morgan fingerprint density at radius 2 is 2.40 bits per heavy atom. The zero-order chi connectivity index (χ0) is 10.9. The molecule has 3 heteroatoms. The molecule has 0 aromatic carbocycles. The van der Waals surface area contributed by atoms with Gasteiger partial charge in [0.05, 0.1) is 12.4 Å². The molecule has 2 aliphatic rings. The van der Waals surface area contributed by atoms with Crippen LogP contribution in [0.1, 0.15) is 32.6 Å². The van der Waals surface area contributed by atoms with Crippen LogP contribution in [0.15, 0.2) is 24.5 Å². The largest absolute Gasteiger partial charge is 0.432 e. The van der Waals surface area contributed by atoms with E-state index in [1.807, 2.05) is 6.08 Å². The van der Waals surface area contributed by atoms with E-state index in [1.165, 1.54) is 12.8 Å². The summed E-state index contributed by atoms with van der Waals surface area (Å²) in [5.41, 5.74) is 0.460. The lowest BCUT2D eigenvalue weighted by Gasteiger charge is -2.13. The number of ether oxygens (including phenoxy) is 2. The monoisotopic (exact) mass is 208 g/mol. The normalized spacial score (nSPS) is 34.2. The summed E-state index contributed by atoms with van der Waals surface area (Å²) in [6, 6.07) is 0. The number of epoxide rings is 1. The lowest BCUT2D eigenvalue weighted by molar-refractivity contribution is -0.133. The van der Waals surface area contributed by atoms with Gasteiger partial charge in [0.15, 0.2) is 0 Å². The van der Waals surface area contributed by atoms with Crippen molar-refractivity contribution >= 4 is 5.97 Å². The first kappa shape index (κ1) is 10.4. The Hall–Kier alpha value is -1.09. The number of fused-ring (bicyclic) bond motifs is 1. The third-order valence-corrected chi connectivity index (χ3v) is 3.11. The average Bonchev–Trinajstić information content (AvgIpc) is 2.92. The van der Waals surface area contributed by atoms with Crippen LogP contribution in [0.5, 0.6) is 0 Å². The van der Waals surface area contributed by atoms with Crippen LogP contribution < -0.4 is 0 Å². The number of esters is 1. The second-order valence-electron chi connectivity index (χ2n) is 4.21. The van der Waals surface area contributed by atoms with Gasteiger partial charge < -0.3 is 9.47 Å². The Kier molecular flexibility index (Phi) is 2.65. The zero-order valence-electron chi connectivity index (χ0n) is 8.99. The van der Waals surface area contributed by atoms with Crippen LogP contribution in [0.4, 0.5) is 0 Å². The number of hydrogen-bond acceptors (Lipinski definition) is 3. The minimum absolute atomic E-state index is 0.150. The van der Waals surface area contributed by atoms with Crippen LogP contribution >= 0.6 is 0 Å². The van der Waals surface area contributed by atoms with E-state index in [-0.39, 0.29) is 11.6 Å². The molecule has 1 saturated heterocycles. The number of hydrogen-bond donors (Lipinski definition) is 0. The van der Waals surface area contributed by atoms with Crippen molar-refractivity contribution < 1.29 is 14.3 Å². The van der Waals surface area contributed by atoms with E-state index in [9.17, 15) is 4.79 Å². The van der Waals surface area contributed by atoms with Gasteiger partial charge in [-0.3, -0.25) is 0 Å². The number of carbonyl (C=O) groups is 1. The van der Waals surface area contributed by atoms with Gasteiger partial charge in [-0.15, -0.1) is 0 Å². The predicted molar refractivity (Wildman–Crippen MR) is 56.1 cm³/mol. The first-order chi connectivity index (χ1) is 7.18. The van der Waals surface area contributed by atoms with Gasteiger partial charge in [-0.2, -0.15) is 0 Å². The Morgan fingerprint density at radius 1 is 1.60 bits per heavy atom. The van der Waals surface area contributed by atoms with Crippen LogP contribution in [-0.2, 0) is 14.3 Å². The van der Waals surface area contributed by atoms with E-state index < -0.39 is 0 Å². The molecule has 2 fully saturated rings.